The third kappa shape index (κ3) is 3.00. The van der Waals surface area contributed by atoms with Crippen molar-refractivity contribution in [1.82, 2.24) is 20.2 Å². The van der Waals surface area contributed by atoms with Gasteiger partial charge in [0.15, 0.2) is 5.76 Å². The first-order valence-electron chi connectivity index (χ1n) is 6.73. The number of nitrogens with two attached hydrogens (primary N) is 1. The largest absolute Gasteiger partial charge is 0.356 e. The minimum absolute atomic E-state index is 0.499. The lowest BCUT2D eigenvalue weighted by Crippen LogP contribution is -2.29. The number of benzene rings is 1. The second kappa shape index (κ2) is 5.14. The first kappa shape index (κ1) is 13.5. The van der Waals surface area contributed by atoms with Crippen molar-refractivity contribution in [1.29, 1.82) is 0 Å². The summed E-state index contributed by atoms with van der Waals surface area (Å²) in [5.74, 6) is 0.741. The molecule has 0 radical (unpaired) electrons. The average molecular weight is 283 g/mol. The van der Waals surface area contributed by atoms with E-state index in [9.17, 15) is 0 Å². The number of aromatic nitrogens is 4. The van der Waals surface area contributed by atoms with Crippen molar-refractivity contribution >= 4 is 0 Å². The van der Waals surface area contributed by atoms with Crippen LogP contribution >= 0.6 is 0 Å². The van der Waals surface area contributed by atoms with Crippen molar-refractivity contribution in [3.05, 3.63) is 54.0 Å². The van der Waals surface area contributed by atoms with Gasteiger partial charge in [0.25, 0.3) is 0 Å². The maximum atomic E-state index is 5.99. The SMILES string of the molecule is CC(C)(N)c1cn(Cc2cc(-c3ccccc3)on2)nn1. The Morgan fingerprint density at radius 1 is 1.24 bits per heavy atom. The maximum Gasteiger partial charge on any atom is 0.167 e. The van der Waals surface area contributed by atoms with Crippen LogP contribution in [0.25, 0.3) is 11.3 Å². The van der Waals surface area contributed by atoms with Crippen LogP contribution in [0.1, 0.15) is 25.2 Å². The lowest BCUT2D eigenvalue weighted by molar-refractivity contribution is 0.419. The summed E-state index contributed by atoms with van der Waals surface area (Å²) in [5, 5.41) is 12.2. The lowest BCUT2D eigenvalue weighted by Gasteiger charge is -2.13. The highest BCUT2D eigenvalue weighted by Gasteiger charge is 2.18. The van der Waals surface area contributed by atoms with Gasteiger partial charge in [0, 0.05) is 11.6 Å². The molecule has 0 amide bonds. The normalized spacial score (nSPS) is 11.8. The lowest BCUT2D eigenvalue weighted by atomic mass is 10.0. The van der Waals surface area contributed by atoms with Gasteiger partial charge >= 0.3 is 0 Å². The van der Waals surface area contributed by atoms with E-state index in [4.69, 9.17) is 10.3 Å². The fraction of sp³-hybridized carbons (Fsp3) is 0.267. The third-order valence-electron chi connectivity index (χ3n) is 3.14. The van der Waals surface area contributed by atoms with Crippen LogP contribution in [-0.4, -0.2) is 20.2 Å². The van der Waals surface area contributed by atoms with E-state index in [2.05, 4.69) is 15.5 Å². The molecule has 6 heteroatoms. The molecule has 0 aliphatic carbocycles. The fourth-order valence-corrected chi connectivity index (χ4v) is 1.96. The summed E-state index contributed by atoms with van der Waals surface area (Å²) in [6.45, 7) is 4.29. The van der Waals surface area contributed by atoms with Gasteiger partial charge in [-0.2, -0.15) is 0 Å². The van der Waals surface area contributed by atoms with Gasteiger partial charge in [0.2, 0.25) is 0 Å². The molecular formula is C15H17N5O. The summed E-state index contributed by atoms with van der Waals surface area (Å²) in [6, 6.07) is 11.8. The molecule has 0 saturated heterocycles. The first-order valence-corrected chi connectivity index (χ1v) is 6.73. The van der Waals surface area contributed by atoms with Crippen LogP contribution in [0, 0.1) is 0 Å². The number of hydrogen-bond acceptors (Lipinski definition) is 5. The van der Waals surface area contributed by atoms with Crippen LogP contribution < -0.4 is 5.73 Å². The number of nitrogens with zero attached hydrogens (tertiary/aromatic N) is 4. The molecule has 2 heterocycles. The van der Waals surface area contributed by atoms with Crippen LogP contribution in [0.5, 0.6) is 0 Å². The van der Waals surface area contributed by atoms with Crippen LogP contribution in [0.3, 0.4) is 0 Å². The van der Waals surface area contributed by atoms with Gasteiger partial charge in [-0.1, -0.05) is 40.7 Å². The van der Waals surface area contributed by atoms with E-state index >= 15 is 0 Å². The zero-order valence-electron chi connectivity index (χ0n) is 12.0. The summed E-state index contributed by atoms with van der Waals surface area (Å²) in [7, 11) is 0. The topological polar surface area (TPSA) is 82.8 Å². The summed E-state index contributed by atoms with van der Waals surface area (Å²) >= 11 is 0. The highest BCUT2D eigenvalue weighted by Crippen LogP contribution is 2.20. The summed E-state index contributed by atoms with van der Waals surface area (Å²) in [6.07, 6.45) is 1.83. The predicted octanol–water partition coefficient (Wildman–Crippen LogP) is 2.18. The molecule has 108 valence electrons. The second-order valence-electron chi connectivity index (χ2n) is 5.57. The molecule has 21 heavy (non-hydrogen) atoms. The van der Waals surface area contributed by atoms with Crippen LogP contribution in [-0.2, 0) is 12.1 Å². The Labute approximate surface area is 122 Å². The van der Waals surface area contributed by atoms with Crippen molar-refractivity contribution in [3.8, 4) is 11.3 Å². The van der Waals surface area contributed by atoms with Gasteiger partial charge in [0.05, 0.1) is 18.3 Å². The van der Waals surface area contributed by atoms with E-state index in [0.717, 1.165) is 22.7 Å². The summed E-state index contributed by atoms with van der Waals surface area (Å²) in [5.41, 5.74) is 8.03. The summed E-state index contributed by atoms with van der Waals surface area (Å²) < 4.78 is 7.07. The van der Waals surface area contributed by atoms with E-state index in [1.54, 1.807) is 4.68 Å². The smallest absolute Gasteiger partial charge is 0.167 e. The molecule has 0 aliphatic rings. The van der Waals surface area contributed by atoms with Gasteiger partial charge in [-0.3, -0.25) is 0 Å². The van der Waals surface area contributed by atoms with Crippen molar-refractivity contribution in [2.24, 2.45) is 5.73 Å². The molecule has 1 aromatic carbocycles. The van der Waals surface area contributed by atoms with Gasteiger partial charge in [0.1, 0.15) is 11.4 Å². The van der Waals surface area contributed by atoms with Gasteiger partial charge in [-0.25, -0.2) is 4.68 Å². The molecule has 0 fully saturated rings. The average Bonchev–Trinajstić information content (AvgIpc) is 3.09. The van der Waals surface area contributed by atoms with Crippen LogP contribution in [0.4, 0.5) is 0 Å². The van der Waals surface area contributed by atoms with Crippen molar-refractivity contribution in [2.75, 3.05) is 0 Å². The van der Waals surface area contributed by atoms with Gasteiger partial charge < -0.3 is 10.3 Å². The molecule has 0 unspecified atom stereocenters. The highest BCUT2D eigenvalue weighted by atomic mass is 16.5. The second-order valence-corrected chi connectivity index (χ2v) is 5.57. The molecule has 3 rings (SSSR count). The van der Waals surface area contributed by atoms with E-state index in [-0.39, 0.29) is 0 Å². The van der Waals surface area contributed by atoms with Crippen molar-refractivity contribution < 1.29 is 4.52 Å². The predicted molar refractivity (Wildman–Crippen MR) is 78.3 cm³/mol. The Morgan fingerprint density at radius 2 is 2.00 bits per heavy atom. The number of rotatable bonds is 4. The molecule has 0 saturated carbocycles. The molecule has 0 spiro atoms. The molecule has 0 aliphatic heterocycles. The van der Waals surface area contributed by atoms with Crippen LogP contribution in [0.2, 0.25) is 0 Å². The van der Waals surface area contributed by atoms with E-state index in [1.807, 2.05) is 56.4 Å². The molecule has 0 bridgehead atoms. The van der Waals surface area contributed by atoms with Crippen molar-refractivity contribution in [3.63, 3.8) is 0 Å². The zero-order chi connectivity index (χ0) is 14.9. The van der Waals surface area contributed by atoms with E-state index in [0.29, 0.717) is 6.54 Å². The Morgan fingerprint density at radius 3 is 2.67 bits per heavy atom. The quantitative estimate of drug-likeness (QED) is 0.793. The van der Waals surface area contributed by atoms with Crippen molar-refractivity contribution in [2.45, 2.75) is 25.9 Å². The molecule has 6 nitrogen and oxygen atoms in total. The van der Waals surface area contributed by atoms with Crippen LogP contribution in [0.15, 0.2) is 47.1 Å². The number of hydrogen-bond donors (Lipinski definition) is 1. The molecule has 2 N–H and O–H groups in total. The molecule has 2 aromatic heterocycles. The molecular weight excluding hydrogens is 266 g/mol. The standard InChI is InChI=1S/C15H17N5O/c1-15(2,16)14-10-20(19-17-14)9-12-8-13(21-18-12)11-6-4-3-5-7-11/h3-8,10H,9,16H2,1-2H3. The van der Waals surface area contributed by atoms with E-state index in [1.165, 1.54) is 0 Å². The maximum absolute atomic E-state index is 5.99. The molecule has 3 aromatic rings. The Bertz CT molecular complexity index is 724. The zero-order valence-corrected chi connectivity index (χ0v) is 12.0. The summed E-state index contributed by atoms with van der Waals surface area (Å²) in [4.78, 5) is 0. The third-order valence-corrected chi connectivity index (χ3v) is 3.14. The molecule has 0 atom stereocenters. The minimum Gasteiger partial charge on any atom is -0.356 e. The van der Waals surface area contributed by atoms with Gasteiger partial charge in [-0.05, 0) is 13.8 Å². The van der Waals surface area contributed by atoms with Gasteiger partial charge in [-0.15, -0.1) is 5.10 Å². The Balaban J connectivity index is 1.77. The monoisotopic (exact) mass is 283 g/mol. The minimum atomic E-state index is -0.503. The fourth-order valence-electron chi connectivity index (χ4n) is 1.96. The Hall–Kier alpha value is -2.47. The van der Waals surface area contributed by atoms with E-state index < -0.39 is 5.54 Å². The first-order chi connectivity index (χ1) is 10.0. The Kier molecular flexibility index (Phi) is 3.31. The highest BCUT2D eigenvalue weighted by molar-refractivity contribution is 5.56.